The molecular weight excluding hydrogens is 262 g/mol. The third-order valence-corrected chi connectivity index (χ3v) is 4.96. The molecule has 0 aromatic rings. The minimum Gasteiger partial charge on any atom is -0.394 e. The lowest BCUT2D eigenvalue weighted by Gasteiger charge is -2.38. The van der Waals surface area contributed by atoms with Gasteiger partial charge in [-0.05, 0) is 59.3 Å². The summed E-state index contributed by atoms with van der Waals surface area (Å²) in [5, 5.41) is 13.4. The molecule has 2 atom stereocenters. The smallest absolute Gasteiger partial charge is 0.0613 e. The van der Waals surface area contributed by atoms with Crippen molar-refractivity contribution in [3.8, 4) is 0 Å². The van der Waals surface area contributed by atoms with Crippen molar-refractivity contribution in [1.82, 2.24) is 15.1 Å². The van der Waals surface area contributed by atoms with E-state index in [1.165, 1.54) is 25.9 Å². The number of rotatable bonds is 9. The number of likely N-dealkylation sites (tertiary alicyclic amines) is 1. The number of nitrogens with zero attached hydrogens (tertiary/aromatic N) is 2. The summed E-state index contributed by atoms with van der Waals surface area (Å²) < 4.78 is 0. The maximum Gasteiger partial charge on any atom is 0.0613 e. The normalized spacial score (nSPS) is 23.7. The van der Waals surface area contributed by atoms with Gasteiger partial charge in [-0.2, -0.15) is 0 Å². The molecule has 0 bridgehead atoms. The molecule has 0 saturated carbocycles. The quantitative estimate of drug-likeness (QED) is 0.682. The van der Waals surface area contributed by atoms with Crippen LogP contribution in [0.5, 0.6) is 0 Å². The standard InChI is InChI=1S/C17H37N3O/c1-6-17(14-21,18-15(2)3)10-8-12-20(5)16-9-7-11-19(4)13-16/h15-16,18,21H,6-14H2,1-5H3. The maximum absolute atomic E-state index is 9.79. The average molecular weight is 300 g/mol. The zero-order valence-electron chi connectivity index (χ0n) is 14.9. The molecule has 1 fully saturated rings. The van der Waals surface area contributed by atoms with Crippen molar-refractivity contribution in [3.63, 3.8) is 0 Å². The molecule has 1 aliphatic rings. The van der Waals surface area contributed by atoms with Crippen molar-refractivity contribution >= 4 is 0 Å². The van der Waals surface area contributed by atoms with Crippen molar-refractivity contribution in [2.24, 2.45) is 0 Å². The molecule has 1 heterocycles. The van der Waals surface area contributed by atoms with Crippen LogP contribution in [0.4, 0.5) is 0 Å². The van der Waals surface area contributed by atoms with Crippen LogP contribution in [0.3, 0.4) is 0 Å². The Hall–Kier alpha value is -0.160. The van der Waals surface area contributed by atoms with E-state index in [4.69, 9.17) is 0 Å². The van der Waals surface area contributed by atoms with Crippen molar-refractivity contribution in [1.29, 1.82) is 0 Å². The van der Waals surface area contributed by atoms with E-state index in [9.17, 15) is 5.11 Å². The Morgan fingerprint density at radius 2 is 2.14 bits per heavy atom. The van der Waals surface area contributed by atoms with Crippen LogP contribution in [-0.4, -0.2) is 72.9 Å². The van der Waals surface area contributed by atoms with E-state index < -0.39 is 0 Å². The lowest BCUT2D eigenvalue weighted by atomic mass is 9.90. The summed E-state index contributed by atoms with van der Waals surface area (Å²) in [6.07, 6.45) is 5.81. The number of hydrogen-bond acceptors (Lipinski definition) is 4. The van der Waals surface area contributed by atoms with Gasteiger partial charge in [-0.15, -0.1) is 0 Å². The Labute approximate surface area is 131 Å². The fourth-order valence-corrected chi connectivity index (χ4v) is 3.55. The van der Waals surface area contributed by atoms with Crippen molar-refractivity contribution < 1.29 is 5.11 Å². The van der Waals surface area contributed by atoms with Crippen LogP contribution in [0.2, 0.25) is 0 Å². The number of aliphatic hydroxyl groups excluding tert-OH is 1. The largest absolute Gasteiger partial charge is 0.394 e. The van der Waals surface area contributed by atoms with Gasteiger partial charge in [0.1, 0.15) is 0 Å². The van der Waals surface area contributed by atoms with Crippen molar-refractivity contribution in [2.45, 2.75) is 70.5 Å². The van der Waals surface area contributed by atoms with Crippen molar-refractivity contribution in [3.05, 3.63) is 0 Å². The highest BCUT2D eigenvalue weighted by Crippen LogP contribution is 2.20. The minimum absolute atomic E-state index is 0.0988. The molecule has 0 aromatic heterocycles. The summed E-state index contributed by atoms with van der Waals surface area (Å²) >= 11 is 0. The average Bonchev–Trinajstić information content (AvgIpc) is 2.45. The highest BCUT2D eigenvalue weighted by Gasteiger charge is 2.28. The van der Waals surface area contributed by atoms with Gasteiger partial charge in [0, 0.05) is 24.2 Å². The zero-order valence-corrected chi connectivity index (χ0v) is 14.9. The summed E-state index contributed by atoms with van der Waals surface area (Å²) in [5.41, 5.74) is -0.0988. The third-order valence-electron chi connectivity index (χ3n) is 4.96. The van der Waals surface area contributed by atoms with Gasteiger partial charge >= 0.3 is 0 Å². The van der Waals surface area contributed by atoms with Gasteiger partial charge in [-0.25, -0.2) is 0 Å². The summed E-state index contributed by atoms with van der Waals surface area (Å²) in [7, 11) is 4.48. The molecule has 4 nitrogen and oxygen atoms in total. The second-order valence-corrected chi connectivity index (χ2v) is 7.23. The fraction of sp³-hybridized carbons (Fsp3) is 1.00. The van der Waals surface area contributed by atoms with Gasteiger partial charge in [-0.1, -0.05) is 20.8 Å². The van der Waals surface area contributed by atoms with Gasteiger partial charge in [0.25, 0.3) is 0 Å². The zero-order chi connectivity index (χ0) is 15.9. The molecule has 1 rings (SSSR count). The van der Waals surface area contributed by atoms with E-state index in [2.05, 4.69) is 50.0 Å². The second-order valence-electron chi connectivity index (χ2n) is 7.23. The van der Waals surface area contributed by atoms with Gasteiger partial charge in [-0.3, -0.25) is 0 Å². The number of nitrogens with one attached hydrogen (secondary N) is 1. The molecule has 0 radical (unpaired) electrons. The van der Waals surface area contributed by atoms with Crippen LogP contribution in [0.1, 0.15) is 52.9 Å². The van der Waals surface area contributed by atoms with Crippen LogP contribution < -0.4 is 5.32 Å². The Morgan fingerprint density at radius 1 is 1.43 bits per heavy atom. The molecule has 1 aliphatic heterocycles. The lowest BCUT2D eigenvalue weighted by molar-refractivity contribution is 0.112. The molecule has 0 aliphatic carbocycles. The van der Waals surface area contributed by atoms with E-state index in [1.54, 1.807) is 0 Å². The minimum atomic E-state index is -0.0988. The van der Waals surface area contributed by atoms with Crippen LogP contribution in [0.15, 0.2) is 0 Å². The highest BCUT2D eigenvalue weighted by atomic mass is 16.3. The van der Waals surface area contributed by atoms with Gasteiger partial charge in [0.05, 0.1) is 6.61 Å². The summed E-state index contributed by atoms with van der Waals surface area (Å²) in [5.74, 6) is 0. The van der Waals surface area contributed by atoms with E-state index >= 15 is 0 Å². The topological polar surface area (TPSA) is 38.7 Å². The maximum atomic E-state index is 9.79. The lowest BCUT2D eigenvalue weighted by Crippen LogP contribution is -2.51. The van der Waals surface area contributed by atoms with Crippen LogP contribution in [0, 0.1) is 0 Å². The first-order valence-corrected chi connectivity index (χ1v) is 8.70. The molecule has 4 heteroatoms. The Morgan fingerprint density at radius 3 is 2.67 bits per heavy atom. The van der Waals surface area contributed by atoms with Crippen LogP contribution in [0.25, 0.3) is 0 Å². The second kappa shape index (κ2) is 9.09. The third kappa shape index (κ3) is 6.23. The SMILES string of the molecule is CCC(CO)(CCCN(C)C1CCCN(C)C1)NC(C)C. The first-order valence-electron chi connectivity index (χ1n) is 8.70. The molecular formula is C17H37N3O. The highest BCUT2D eigenvalue weighted by molar-refractivity contribution is 4.88. The summed E-state index contributed by atoms with van der Waals surface area (Å²) in [6, 6.07) is 1.12. The predicted octanol–water partition coefficient (Wildman–Crippen LogP) is 1.93. The van der Waals surface area contributed by atoms with E-state index in [-0.39, 0.29) is 12.1 Å². The molecule has 126 valence electrons. The fourth-order valence-electron chi connectivity index (χ4n) is 3.55. The van der Waals surface area contributed by atoms with Gasteiger partial charge < -0.3 is 20.2 Å². The van der Waals surface area contributed by atoms with Gasteiger partial charge in [0.2, 0.25) is 0 Å². The molecule has 2 N–H and O–H groups in total. The molecule has 0 aromatic carbocycles. The molecule has 0 spiro atoms. The molecule has 1 saturated heterocycles. The molecule has 0 amide bonds. The summed E-state index contributed by atoms with van der Waals surface area (Å²) in [4.78, 5) is 4.96. The number of aliphatic hydroxyl groups is 1. The Bertz CT molecular complexity index is 279. The van der Waals surface area contributed by atoms with E-state index in [1.807, 2.05) is 0 Å². The molecule has 21 heavy (non-hydrogen) atoms. The number of piperidine rings is 1. The number of hydrogen-bond donors (Lipinski definition) is 2. The van der Waals surface area contributed by atoms with E-state index in [0.717, 1.165) is 25.8 Å². The first-order chi connectivity index (χ1) is 9.92. The monoisotopic (exact) mass is 299 g/mol. The number of likely N-dealkylation sites (N-methyl/N-ethyl adjacent to an activating group) is 2. The summed E-state index contributed by atoms with van der Waals surface area (Å²) in [6.45, 7) is 10.3. The first kappa shape index (κ1) is 18.9. The molecule has 2 unspecified atom stereocenters. The van der Waals surface area contributed by atoms with Crippen LogP contribution in [-0.2, 0) is 0 Å². The predicted molar refractivity (Wildman–Crippen MR) is 90.8 cm³/mol. The van der Waals surface area contributed by atoms with Gasteiger partial charge in [0.15, 0.2) is 0 Å². The Balaban J connectivity index is 2.38. The Kier molecular flexibility index (Phi) is 8.17. The van der Waals surface area contributed by atoms with E-state index in [0.29, 0.717) is 12.1 Å². The van der Waals surface area contributed by atoms with Crippen molar-refractivity contribution in [2.75, 3.05) is 40.3 Å². The van der Waals surface area contributed by atoms with Crippen LogP contribution >= 0.6 is 0 Å².